The number of fused-ring (bicyclic) bond motifs is 3. The van der Waals surface area contributed by atoms with E-state index in [0.717, 1.165) is 36.3 Å². The lowest BCUT2D eigenvalue weighted by Crippen LogP contribution is -2.56. The molecule has 1 amide bonds. The number of hydrogen-bond acceptors (Lipinski definition) is 4. The van der Waals surface area contributed by atoms with Crippen LogP contribution in [-0.4, -0.2) is 60.4 Å². The Kier molecular flexibility index (Phi) is 6.17. The van der Waals surface area contributed by atoms with E-state index in [1.54, 1.807) is 0 Å². The van der Waals surface area contributed by atoms with Crippen LogP contribution in [0.4, 0.5) is 5.69 Å². The first-order valence-corrected chi connectivity index (χ1v) is 12.3. The summed E-state index contributed by atoms with van der Waals surface area (Å²) in [5, 5.41) is 8.04. The molecule has 4 atom stereocenters. The number of carbonyl (C=O) groups excluding carboxylic acids is 1. The van der Waals surface area contributed by atoms with Crippen LogP contribution in [0.2, 0.25) is 0 Å². The Bertz CT molecular complexity index is 1150. The molecule has 2 bridgehead atoms. The van der Waals surface area contributed by atoms with E-state index >= 15 is 0 Å². The zero-order valence-electron chi connectivity index (χ0n) is 20.7. The monoisotopic (exact) mass is 457 g/mol. The third-order valence-corrected chi connectivity index (χ3v) is 7.67. The first-order chi connectivity index (χ1) is 16.4. The SMILES string of the molecule is Cc1ccc(C(=O)NC[C@H]2C[C@H]3CCN2C[C@@H]3c2cc(-c3ccc(N(C)C)cc3)nn2C)cc1. The maximum Gasteiger partial charge on any atom is 0.251 e. The van der Waals surface area contributed by atoms with E-state index in [9.17, 15) is 4.79 Å². The minimum absolute atomic E-state index is 0.0239. The van der Waals surface area contributed by atoms with Gasteiger partial charge in [0.25, 0.3) is 5.91 Å². The normalized spacial score (nSPS) is 23.6. The molecular formula is C28H35N5O. The van der Waals surface area contributed by atoms with Gasteiger partial charge in [0.05, 0.1) is 5.69 Å². The fraction of sp³-hybridized carbons (Fsp3) is 0.429. The van der Waals surface area contributed by atoms with E-state index in [0.29, 0.717) is 24.4 Å². The molecule has 0 spiro atoms. The number of amides is 1. The van der Waals surface area contributed by atoms with Crippen LogP contribution in [-0.2, 0) is 7.05 Å². The van der Waals surface area contributed by atoms with Crippen LogP contribution in [0.5, 0.6) is 0 Å². The molecule has 3 aliphatic heterocycles. The largest absolute Gasteiger partial charge is 0.378 e. The van der Waals surface area contributed by atoms with Crippen molar-refractivity contribution in [3.63, 3.8) is 0 Å². The van der Waals surface area contributed by atoms with Crippen LogP contribution in [0, 0.1) is 12.8 Å². The number of nitrogens with one attached hydrogen (secondary N) is 1. The van der Waals surface area contributed by atoms with E-state index in [4.69, 9.17) is 5.10 Å². The molecule has 178 valence electrons. The quantitative estimate of drug-likeness (QED) is 0.606. The van der Waals surface area contributed by atoms with Gasteiger partial charge in [-0.25, -0.2) is 0 Å². The average Bonchev–Trinajstić information content (AvgIpc) is 3.24. The van der Waals surface area contributed by atoms with Gasteiger partial charge in [0.1, 0.15) is 0 Å². The summed E-state index contributed by atoms with van der Waals surface area (Å²) >= 11 is 0. The fourth-order valence-electron chi connectivity index (χ4n) is 5.60. The van der Waals surface area contributed by atoms with E-state index in [1.165, 1.54) is 23.4 Å². The second-order valence-electron chi connectivity index (χ2n) is 10.1. The van der Waals surface area contributed by atoms with Gasteiger partial charge in [-0.05, 0) is 62.6 Å². The van der Waals surface area contributed by atoms with Crippen LogP contribution in [0.15, 0.2) is 54.6 Å². The molecule has 6 rings (SSSR count). The van der Waals surface area contributed by atoms with Crippen LogP contribution >= 0.6 is 0 Å². The Labute approximate surface area is 202 Å². The van der Waals surface area contributed by atoms with E-state index < -0.39 is 0 Å². The molecule has 2 aromatic carbocycles. The molecule has 0 aliphatic carbocycles. The molecule has 3 aromatic rings. The second kappa shape index (κ2) is 9.26. The average molecular weight is 458 g/mol. The number of piperidine rings is 3. The topological polar surface area (TPSA) is 53.4 Å². The number of benzene rings is 2. The van der Waals surface area contributed by atoms with Crippen LogP contribution in [0.1, 0.15) is 40.4 Å². The zero-order valence-corrected chi connectivity index (χ0v) is 20.7. The molecule has 1 N–H and O–H groups in total. The highest BCUT2D eigenvalue weighted by atomic mass is 16.1. The molecule has 3 aliphatic rings. The summed E-state index contributed by atoms with van der Waals surface area (Å²) in [5.74, 6) is 1.14. The highest BCUT2D eigenvalue weighted by molar-refractivity contribution is 5.94. The molecule has 6 nitrogen and oxygen atoms in total. The van der Waals surface area contributed by atoms with Crippen LogP contribution < -0.4 is 10.2 Å². The van der Waals surface area contributed by atoms with Crippen molar-refractivity contribution in [2.45, 2.75) is 31.7 Å². The van der Waals surface area contributed by atoms with Crippen LogP contribution in [0.3, 0.4) is 0 Å². The zero-order chi connectivity index (χ0) is 23.8. The summed E-state index contributed by atoms with van der Waals surface area (Å²) in [4.78, 5) is 17.3. The van der Waals surface area contributed by atoms with E-state index in [1.807, 2.05) is 31.2 Å². The summed E-state index contributed by atoms with van der Waals surface area (Å²) in [7, 11) is 6.19. The summed E-state index contributed by atoms with van der Waals surface area (Å²) in [6, 6.07) is 19.1. The van der Waals surface area contributed by atoms with Crippen molar-refractivity contribution < 1.29 is 4.79 Å². The second-order valence-corrected chi connectivity index (χ2v) is 10.1. The lowest BCUT2D eigenvalue weighted by Gasteiger charge is -2.50. The number of anilines is 1. The number of rotatable bonds is 6. The molecule has 0 radical (unpaired) electrons. The van der Waals surface area contributed by atoms with Crippen molar-refractivity contribution in [2.24, 2.45) is 13.0 Å². The Balaban J connectivity index is 1.24. The van der Waals surface area contributed by atoms with Gasteiger partial charge in [0.15, 0.2) is 0 Å². The molecule has 3 fully saturated rings. The van der Waals surface area contributed by atoms with Crippen LogP contribution in [0.25, 0.3) is 11.3 Å². The number of carbonyl (C=O) groups is 1. The predicted molar refractivity (Wildman–Crippen MR) is 137 cm³/mol. The Morgan fingerprint density at radius 1 is 1.12 bits per heavy atom. The Hall–Kier alpha value is -3.12. The third kappa shape index (κ3) is 4.47. The molecule has 4 heterocycles. The maximum absolute atomic E-state index is 12.6. The van der Waals surface area contributed by atoms with Gasteiger partial charge >= 0.3 is 0 Å². The Morgan fingerprint density at radius 3 is 2.50 bits per heavy atom. The number of aryl methyl sites for hydroxylation is 2. The number of hydrogen-bond donors (Lipinski definition) is 1. The van der Waals surface area contributed by atoms with Gasteiger partial charge < -0.3 is 10.2 Å². The number of nitrogens with zero attached hydrogens (tertiary/aromatic N) is 4. The standard InChI is InChI=1S/C28H35N5O/c1-19-5-7-21(8-6-19)28(34)29-17-24-15-22-13-14-33(24)18-25(22)27-16-26(30-32(27)4)20-9-11-23(12-10-20)31(2)3/h5-12,16,22,24-25H,13-15,17-18H2,1-4H3,(H,29,34)/t22-,24-,25+/m1/s1. The van der Waals surface area contributed by atoms with Gasteiger partial charge in [0.2, 0.25) is 0 Å². The van der Waals surface area contributed by atoms with E-state index in [2.05, 4.69) is 71.3 Å². The van der Waals surface area contributed by atoms with Crippen molar-refractivity contribution in [2.75, 3.05) is 38.6 Å². The molecule has 1 unspecified atom stereocenters. The van der Waals surface area contributed by atoms with Crippen molar-refractivity contribution in [1.29, 1.82) is 0 Å². The number of aromatic nitrogens is 2. The third-order valence-electron chi connectivity index (χ3n) is 7.67. The van der Waals surface area contributed by atoms with Crippen molar-refractivity contribution >= 4 is 11.6 Å². The molecule has 1 aromatic heterocycles. The fourth-order valence-corrected chi connectivity index (χ4v) is 5.60. The molecule has 34 heavy (non-hydrogen) atoms. The lowest BCUT2D eigenvalue weighted by atomic mass is 9.74. The van der Waals surface area contributed by atoms with Crippen molar-refractivity contribution in [3.05, 3.63) is 71.4 Å². The van der Waals surface area contributed by atoms with Crippen molar-refractivity contribution in [1.82, 2.24) is 20.0 Å². The summed E-state index contributed by atoms with van der Waals surface area (Å²) in [6.45, 7) is 4.90. The maximum atomic E-state index is 12.6. The van der Waals surface area contributed by atoms with Crippen molar-refractivity contribution in [3.8, 4) is 11.3 Å². The minimum Gasteiger partial charge on any atom is -0.378 e. The molecule has 3 saturated heterocycles. The van der Waals surface area contributed by atoms with E-state index in [-0.39, 0.29) is 5.91 Å². The summed E-state index contributed by atoms with van der Waals surface area (Å²) < 4.78 is 2.08. The first kappa shape index (κ1) is 22.7. The molecule has 0 saturated carbocycles. The molecule has 6 heteroatoms. The van der Waals surface area contributed by atoms with Gasteiger partial charge in [-0.2, -0.15) is 5.10 Å². The van der Waals surface area contributed by atoms with Gasteiger partial charge in [-0.15, -0.1) is 0 Å². The minimum atomic E-state index is 0.0239. The van der Waals surface area contributed by atoms with Gasteiger partial charge in [-0.3, -0.25) is 14.4 Å². The smallest absolute Gasteiger partial charge is 0.251 e. The lowest BCUT2D eigenvalue weighted by molar-refractivity contribution is 0.0280. The van der Waals surface area contributed by atoms with Gasteiger partial charge in [-0.1, -0.05) is 29.8 Å². The van der Waals surface area contributed by atoms with Gasteiger partial charge in [0, 0.05) is 68.7 Å². The first-order valence-electron chi connectivity index (χ1n) is 12.3. The molecular weight excluding hydrogens is 422 g/mol. The highest BCUT2D eigenvalue weighted by Gasteiger charge is 2.41. The summed E-state index contributed by atoms with van der Waals surface area (Å²) in [5.41, 5.74) is 6.62. The highest BCUT2D eigenvalue weighted by Crippen LogP contribution is 2.42. The summed E-state index contributed by atoms with van der Waals surface area (Å²) in [6.07, 6.45) is 2.34. The predicted octanol–water partition coefficient (Wildman–Crippen LogP) is 4.07. The Morgan fingerprint density at radius 2 is 1.85 bits per heavy atom.